The fourth-order valence-electron chi connectivity index (χ4n) is 2.22. The molecule has 0 unspecified atom stereocenters. The van der Waals surface area contributed by atoms with Crippen LogP contribution < -0.4 is 5.32 Å². The summed E-state index contributed by atoms with van der Waals surface area (Å²) >= 11 is 5.85. The van der Waals surface area contributed by atoms with Gasteiger partial charge in [0.2, 0.25) is 11.7 Å². The van der Waals surface area contributed by atoms with Crippen LogP contribution in [-0.4, -0.2) is 28.7 Å². The summed E-state index contributed by atoms with van der Waals surface area (Å²) in [5.41, 5.74) is 1.07. The molecule has 1 atom stereocenters. The number of Topliss-reactive ketones (excluding diaryl/α,β-unsaturated/α-hetero) is 1. The summed E-state index contributed by atoms with van der Waals surface area (Å²) in [5.74, 6) is -1.15. The van der Waals surface area contributed by atoms with Gasteiger partial charge in [0.25, 0.3) is 0 Å². The number of rotatable bonds is 7. The fraction of sp³-hybridized carbons (Fsp3) is 0.263. The standard InChI is InChI=1S/C19H19ClN2O4/c1-3-5-16(23)22-14-9-7-13(8-10-14)17(24)12(2)26-19(25)15-6-4-11-21-18(15)20/h4,6-12H,3,5H2,1-2H3,(H,22,23)/t12-/m1/s1. The Morgan fingerprint density at radius 1 is 1.19 bits per heavy atom. The number of carbonyl (C=O) groups excluding carboxylic acids is 3. The number of esters is 1. The van der Waals surface area contributed by atoms with Crippen LogP contribution in [0.25, 0.3) is 0 Å². The van der Waals surface area contributed by atoms with Crippen LogP contribution in [-0.2, 0) is 9.53 Å². The number of hydrogen-bond acceptors (Lipinski definition) is 5. The van der Waals surface area contributed by atoms with Crippen molar-refractivity contribution >= 4 is 34.9 Å². The van der Waals surface area contributed by atoms with Gasteiger partial charge in [0.15, 0.2) is 6.10 Å². The first kappa shape index (κ1) is 19.6. The van der Waals surface area contributed by atoms with Crippen molar-refractivity contribution in [2.45, 2.75) is 32.8 Å². The number of halogens is 1. The van der Waals surface area contributed by atoms with Crippen molar-refractivity contribution in [2.24, 2.45) is 0 Å². The molecular formula is C19H19ClN2O4. The molecule has 136 valence electrons. The minimum absolute atomic E-state index is 0.0179. The number of benzene rings is 1. The van der Waals surface area contributed by atoms with E-state index < -0.39 is 12.1 Å². The molecule has 0 aliphatic carbocycles. The second-order valence-electron chi connectivity index (χ2n) is 5.63. The first-order chi connectivity index (χ1) is 12.4. The fourth-order valence-corrected chi connectivity index (χ4v) is 2.42. The first-order valence-corrected chi connectivity index (χ1v) is 8.55. The van der Waals surface area contributed by atoms with E-state index in [0.717, 1.165) is 6.42 Å². The lowest BCUT2D eigenvalue weighted by Gasteiger charge is -2.13. The Morgan fingerprint density at radius 2 is 1.88 bits per heavy atom. The number of nitrogens with zero attached hydrogens (tertiary/aromatic N) is 1. The minimum Gasteiger partial charge on any atom is -0.451 e. The highest BCUT2D eigenvalue weighted by Gasteiger charge is 2.22. The van der Waals surface area contributed by atoms with Gasteiger partial charge in [0, 0.05) is 23.9 Å². The third kappa shape index (κ3) is 5.13. The van der Waals surface area contributed by atoms with Crippen LogP contribution in [0.4, 0.5) is 5.69 Å². The molecule has 0 spiro atoms. The van der Waals surface area contributed by atoms with Gasteiger partial charge >= 0.3 is 5.97 Å². The molecule has 0 radical (unpaired) electrons. The Labute approximate surface area is 156 Å². The minimum atomic E-state index is -0.987. The number of carbonyl (C=O) groups is 3. The Morgan fingerprint density at radius 3 is 2.50 bits per heavy atom. The Balaban J connectivity index is 2.00. The molecule has 6 nitrogen and oxygen atoms in total. The van der Waals surface area contributed by atoms with Crippen molar-refractivity contribution < 1.29 is 19.1 Å². The molecule has 0 aliphatic rings. The van der Waals surface area contributed by atoms with Gasteiger partial charge in [-0.1, -0.05) is 18.5 Å². The van der Waals surface area contributed by atoms with E-state index >= 15 is 0 Å². The number of anilines is 1. The molecule has 0 aliphatic heterocycles. The SMILES string of the molecule is CCCC(=O)Nc1ccc(C(=O)[C@@H](C)OC(=O)c2cccnc2Cl)cc1. The molecule has 0 fully saturated rings. The summed E-state index contributed by atoms with van der Waals surface area (Å²) < 4.78 is 5.18. The molecule has 26 heavy (non-hydrogen) atoms. The average molecular weight is 375 g/mol. The zero-order valence-electron chi connectivity index (χ0n) is 14.5. The third-order valence-electron chi connectivity index (χ3n) is 3.56. The molecule has 1 aromatic carbocycles. The van der Waals surface area contributed by atoms with Crippen LogP contribution in [0.2, 0.25) is 5.15 Å². The molecule has 7 heteroatoms. The highest BCUT2D eigenvalue weighted by molar-refractivity contribution is 6.32. The molecular weight excluding hydrogens is 356 g/mol. The van der Waals surface area contributed by atoms with E-state index in [1.165, 1.54) is 19.2 Å². The van der Waals surface area contributed by atoms with Gasteiger partial charge in [-0.3, -0.25) is 9.59 Å². The second kappa shape index (κ2) is 9.10. The van der Waals surface area contributed by atoms with Crippen LogP contribution in [0.3, 0.4) is 0 Å². The van der Waals surface area contributed by atoms with Crippen LogP contribution in [0.1, 0.15) is 47.4 Å². The number of hydrogen-bond donors (Lipinski definition) is 1. The van der Waals surface area contributed by atoms with Crippen molar-refractivity contribution in [1.82, 2.24) is 4.98 Å². The Hall–Kier alpha value is -2.73. The number of pyridine rings is 1. The quantitative estimate of drug-likeness (QED) is 0.451. The molecule has 2 rings (SSSR count). The summed E-state index contributed by atoms with van der Waals surface area (Å²) in [6.07, 6.45) is 1.66. The van der Waals surface area contributed by atoms with Gasteiger partial charge in [-0.05, 0) is 49.7 Å². The van der Waals surface area contributed by atoms with Gasteiger partial charge in [-0.2, -0.15) is 0 Å². The molecule has 1 heterocycles. The van der Waals surface area contributed by atoms with E-state index in [-0.39, 0.29) is 22.4 Å². The zero-order valence-corrected chi connectivity index (χ0v) is 15.2. The number of ketones is 1. The third-order valence-corrected chi connectivity index (χ3v) is 3.86. The normalized spacial score (nSPS) is 11.5. The van der Waals surface area contributed by atoms with Crippen molar-refractivity contribution in [1.29, 1.82) is 0 Å². The number of nitrogens with one attached hydrogen (secondary N) is 1. The monoisotopic (exact) mass is 374 g/mol. The maximum Gasteiger partial charge on any atom is 0.341 e. The number of aromatic nitrogens is 1. The van der Waals surface area contributed by atoms with E-state index in [4.69, 9.17) is 16.3 Å². The Kier molecular flexibility index (Phi) is 6.86. The van der Waals surface area contributed by atoms with Crippen molar-refractivity contribution in [3.8, 4) is 0 Å². The zero-order chi connectivity index (χ0) is 19.1. The van der Waals surface area contributed by atoms with Gasteiger partial charge < -0.3 is 10.1 Å². The highest BCUT2D eigenvalue weighted by atomic mass is 35.5. The summed E-state index contributed by atoms with van der Waals surface area (Å²) in [5, 5.41) is 2.76. The summed E-state index contributed by atoms with van der Waals surface area (Å²) in [6, 6.07) is 9.44. The van der Waals surface area contributed by atoms with Crippen LogP contribution in [0, 0.1) is 0 Å². The lowest BCUT2D eigenvalue weighted by Crippen LogP contribution is -2.24. The molecule has 0 saturated heterocycles. The number of amides is 1. The molecule has 1 N–H and O–H groups in total. The number of ether oxygens (including phenoxy) is 1. The molecule has 1 aromatic heterocycles. The maximum atomic E-state index is 12.4. The van der Waals surface area contributed by atoms with Crippen molar-refractivity contribution in [2.75, 3.05) is 5.32 Å². The lowest BCUT2D eigenvalue weighted by molar-refractivity contribution is -0.116. The molecule has 1 amide bonds. The van der Waals surface area contributed by atoms with Crippen LogP contribution >= 0.6 is 11.6 Å². The summed E-state index contributed by atoms with van der Waals surface area (Å²) in [4.78, 5) is 39.9. The maximum absolute atomic E-state index is 12.4. The Bertz CT molecular complexity index is 805. The molecule has 2 aromatic rings. The van der Waals surface area contributed by atoms with E-state index in [9.17, 15) is 14.4 Å². The van der Waals surface area contributed by atoms with E-state index in [2.05, 4.69) is 10.3 Å². The first-order valence-electron chi connectivity index (χ1n) is 8.18. The van der Waals surface area contributed by atoms with Gasteiger partial charge in [0.05, 0.1) is 5.56 Å². The lowest BCUT2D eigenvalue weighted by atomic mass is 10.1. The van der Waals surface area contributed by atoms with Crippen LogP contribution in [0.15, 0.2) is 42.6 Å². The van der Waals surface area contributed by atoms with Gasteiger partial charge in [-0.25, -0.2) is 9.78 Å². The van der Waals surface area contributed by atoms with Gasteiger partial charge in [-0.15, -0.1) is 0 Å². The largest absolute Gasteiger partial charge is 0.451 e. The van der Waals surface area contributed by atoms with Crippen molar-refractivity contribution in [3.63, 3.8) is 0 Å². The smallest absolute Gasteiger partial charge is 0.341 e. The second-order valence-corrected chi connectivity index (χ2v) is 5.99. The summed E-state index contributed by atoms with van der Waals surface area (Å²) in [6.45, 7) is 3.41. The average Bonchev–Trinajstić information content (AvgIpc) is 2.62. The molecule has 0 saturated carbocycles. The molecule has 0 bridgehead atoms. The van der Waals surface area contributed by atoms with Gasteiger partial charge in [0.1, 0.15) is 5.15 Å². The predicted octanol–water partition coefficient (Wildman–Crippen LogP) is 3.90. The van der Waals surface area contributed by atoms with E-state index in [1.54, 1.807) is 30.3 Å². The summed E-state index contributed by atoms with van der Waals surface area (Å²) in [7, 11) is 0. The van der Waals surface area contributed by atoms with E-state index in [0.29, 0.717) is 17.7 Å². The van der Waals surface area contributed by atoms with Crippen molar-refractivity contribution in [3.05, 3.63) is 58.9 Å². The topological polar surface area (TPSA) is 85.4 Å². The van der Waals surface area contributed by atoms with Crippen LogP contribution in [0.5, 0.6) is 0 Å². The predicted molar refractivity (Wildman–Crippen MR) is 98.4 cm³/mol. The van der Waals surface area contributed by atoms with E-state index in [1.807, 2.05) is 6.92 Å². The highest BCUT2D eigenvalue weighted by Crippen LogP contribution is 2.16.